The smallest absolute Gasteiger partial charge is 0.411 e. The van der Waals surface area contributed by atoms with Crippen LogP contribution in [0.15, 0.2) is 42.4 Å². The Morgan fingerprint density at radius 3 is 2.67 bits per heavy atom. The highest BCUT2D eigenvalue weighted by atomic mass is 19.1. The van der Waals surface area contributed by atoms with E-state index in [0.717, 1.165) is 50.0 Å². The van der Waals surface area contributed by atoms with E-state index in [4.69, 9.17) is 4.74 Å². The number of nitrogens with zero attached hydrogens (tertiary/aromatic N) is 2. The van der Waals surface area contributed by atoms with E-state index in [1.807, 2.05) is 32.9 Å². The minimum atomic E-state index is -1.11. The molecule has 0 spiro atoms. The number of alkyl halides is 1. The highest BCUT2D eigenvalue weighted by molar-refractivity contribution is 5.78. The Morgan fingerprint density at radius 2 is 2.07 bits per heavy atom. The van der Waals surface area contributed by atoms with Crippen LogP contribution in [0.2, 0.25) is 0 Å². The maximum Gasteiger partial charge on any atom is 0.411 e. The van der Waals surface area contributed by atoms with Gasteiger partial charge in [0.15, 0.2) is 0 Å². The molecule has 1 saturated heterocycles. The average Bonchev–Trinajstić information content (AvgIpc) is 2.75. The lowest BCUT2D eigenvalue weighted by atomic mass is 10.0. The first-order chi connectivity index (χ1) is 14.5. The SMILES string of the molecule is CC.CCCN1CCC[C@@H](OC(=O)NC(/C=C\C(C)F)=C(/CC)c2ccncc2)C1. The van der Waals surface area contributed by atoms with Crippen molar-refractivity contribution in [1.82, 2.24) is 15.2 Å². The summed E-state index contributed by atoms with van der Waals surface area (Å²) in [7, 11) is 0. The Kier molecular flexibility index (Phi) is 12.7. The fourth-order valence-electron chi connectivity index (χ4n) is 3.47. The third-order valence-electron chi connectivity index (χ3n) is 4.75. The van der Waals surface area contributed by atoms with Gasteiger partial charge in [-0.3, -0.25) is 15.2 Å². The summed E-state index contributed by atoms with van der Waals surface area (Å²) in [6, 6.07) is 3.75. The molecule has 5 nitrogen and oxygen atoms in total. The number of rotatable bonds is 8. The van der Waals surface area contributed by atoms with E-state index in [1.54, 1.807) is 18.5 Å². The van der Waals surface area contributed by atoms with Crippen LogP contribution in [-0.4, -0.2) is 47.9 Å². The lowest BCUT2D eigenvalue weighted by Gasteiger charge is -2.32. The highest BCUT2D eigenvalue weighted by Crippen LogP contribution is 2.22. The fourth-order valence-corrected chi connectivity index (χ4v) is 3.47. The first-order valence-electron chi connectivity index (χ1n) is 11.2. The van der Waals surface area contributed by atoms with Crippen LogP contribution in [0.4, 0.5) is 9.18 Å². The molecule has 0 saturated carbocycles. The molecule has 1 amide bonds. The number of alkyl carbamates (subject to hydrolysis) is 1. The quantitative estimate of drug-likeness (QED) is 0.546. The topological polar surface area (TPSA) is 54.5 Å². The molecule has 1 fully saturated rings. The molecule has 0 bridgehead atoms. The van der Waals surface area contributed by atoms with Crippen molar-refractivity contribution in [2.24, 2.45) is 0 Å². The van der Waals surface area contributed by atoms with Gasteiger partial charge in [0.05, 0.1) is 0 Å². The summed E-state index contributed by atoms with van der Waals surface area (Å²) >= 11 is 0. The summed E-state index contributed by atoms with van der Waals surface area (Å²) in [6.45, 7) is 12.4. The van der Waals surface area contributed by atoms with Gasteiger partial charge in [-0.15, -0.1) is 0 Å². The normalized spacial score (nSPS) is 18.8. The average molecular weight is 420 g/mol. The van der Waals surface area contributed by atoms with Crippen molar-refractivity contribution in [3.8, 4) is 0 Å². The number of nitrogens with one attached hydrogen (secondary N) is 1. The van der Waals surface area contributed by atoms with Gasteiger partial charge in [-0.05, 0) is 81.1 Å². The maximum absolute atomic E-state index is 13.4. The van der Waals surface area contributed by atoms with Crippen molar-refractivity contribution >= 4 is 11.7 Å². The summed E-state index contributed by atoms with van der Waals surface area (Å²) in [4.78, 5) is 18.9. The number of allylic oxidation sites excluding steroid dienone is 3. The van der Waals surface area contributed by atoms with Gasteiger partial charge in [0, 0.05) is 24.6 Å². The largest absolute Gasteiger partial charge is 0.445 e. The number of amides is 1. The molecule has 1 aromatic rings. The molecule has 1 N–H and O–H groups in total. The highest BCUT2D eigenvalue weighted by Gasteiger charge is 2.23. The lowest BCUT2D eigenvalue weighted by molar-refractivity contribution is 0.0439. The Labute approximate surface area is 181 Å². The lowest BCUT2D eigenvalue weighted by Crippen LogP contribution is -2.42. The van der Waals surface area contributed by atoms with E-state index < -0.39 is 12.3 Å². The minimum Gasteiger partial charge on any atom is -0.445 e. The molecule has 1 aliphatic rings. The molecule has 1 unspecified atom stereocenters. The molecule has 0 radical (unpaired) electrons. The predicted molar refractivity (Wildman–Crippen MR) is 122 cm³/mol. The molecule has 0 aliphatic carbocycles. The third kappa shape index (κ3) is 9.08. The van der Waals surface area contributed by atoms with Crippen LogP contribution < -0.4 is 5.32 Å². The van der Waals surface area contributed by atoms with Crippen LogP contribution in [0.25, 0.3) is 5.57 Å². The Morgan fingerprint density at radius 1 is 1.37 bits per heavy atom. The van der Waals surface area contributed by atoms with Crippen molar-refractivity contribution < 1.29 is 13.9 Å². The van der Waals surface area contributed by atoms with Crippen molar-refractivity contribution in [2.75, 3.05) is 19.6 Å². The number of hydrogen-bond donors (Lipinski definition) is 1. The molecule has 6 heteroatoms. The number of likely N-dealkylation sites (tertiary alicyclic amines) is 1. The molecular weight excluding hydrogens is 381 g/mol. The van der Waals surface area contributed by atoms with Gasteiger partial charge in [-0.2, -0.15) is 0 Å². The van der Waals surface area contributed by atoms with Crippen LogP contribution in [0.5, 0.6) is 0 Å². The summed E-state index contributed by atoms with van der Waals surface area (Å²) < 4.78 is 19.1. The van der Waals surface area contributed by atoms with E-state index in [-0.39, 0.29) is 6.10 Å². The zero-order valence-electron chi connectivity index (χ0n) is 19.2. The van der Waals surface area contributed by atoms with Crippen LogP contribution in [0.1, 0.15) is 65.9 Å². The molecular formula is C24H38FN3O2. The number of halogens is 1. The van der Waals surface area contributed by atoms with Crippen molar-refractivity contribution in [2.45, 2.75) is 72.6 Å². The monoisotopic (exact) mass is 419 g/mol. The van der Waals surface area contributed by atoms with Gasteiger partial charge < -0.3 is 4.74 Å². The zero-order chi connectivity index (χ0) is 22.4. The minimum absolute atomic E-state index is 0.114. The molecule has 168 valence electrons. The Bertz CT molecular complexity index is 672. The van der Waals surface area contributed by atoms with Gasteiger partial charge >= 0.3 is 6.09 Å². The van der Waals surface area contributed by atoms with Crippen molar-refractivity contribution in [3.05, 3.63) is 47.9 Å². The van der Waals surface area contributed by atoms with E-state index in [2.05, 4.69) is 22.1 Å². The van der Waals surface area contributed by atoms with Gasteiger partial charge in [-0.1, -0.05) is 27.7 Å². The van der Waals surface area contributed by atoms with Crippen LogP contribution >= 0.6 is 0 Å². The molecule has 0 aromatic carbocycles. The number of aromatic nitrogens is 1. The molecule has 1 aromatic heterocycles. The van der Waals surface area contributed by atoms with Crippen LogP contribution in [0, 0.1) is 0 Å². The molecule has 2 heterocycles. The van der Waals surface area contributed by atoms with Crippen molar-refractivity contribution in [1.29, 1.82) is 0 Å². The number of carbonyl (C=O) groups excluding carboxylic acids is 1. The van der Waals surface area contributed by atoms with Crippen LogP contribution in [-0.2, 0) is 4.74 Å². The molecule has 2 atom stereocenters. The Hall–Kier alpha value is -2.21. The number of carbonyl (C=O) groups is 1. The first-order valence-corrected chi connectivity index (χ1v) is 11.2. The Balaban J connectivity index is 0.00000218. The predicted octanol–water partition coefficient (Wildman–Crippen LogP) is 5.74. The van der Waals surface area contributed by atoms with Crippen LogP contribution in [0.3, 0.4) is 0 Å². The van der Waals surface area contributed by atoms with Gasteiger partial charge in [-0.25, -0.2) is 9.18 Å². The number of ether oxygens (including phenoxy) is 1. The zero-order valence-corrected chi connectivity index (χ0v) is 19.2. The van der Waals surface area contributed by atoms with E-state index >= 15 is 0 Å². The number of piperidine rings is 1. The molecule has 1 aliphatic heterocycles. The molecule has 30 heavy (non-hydrogen) atoms. The molecule has 2 rings (SSSR count). The summed E-state index contributed by atoms with van der Waals surface area (Å²) in [5.41, 5.74) is 2.41. The second-order valence-electron chi connectivity index (χ2n) is 7.11. The summed E-state index contributed by atoms with van der Waals surface area (Å²) in [5.74, 6) is 0. The van der Waals surface area contributed by atoms with Gasteiger partial charge in [0.25, 0.3) is 0 Å². The second-order valence-corrected chi connectivity index (χ2v) is 7.11. The van der Waals surface area contributed by atoms with Gasteiger partial charge in [0.1, 0.15) is 12.3 Å². The van der Waals surface area contributed by atoms with Crippen molar-refractivity contribution in [3.63, 3.8) is 0 Å². The van der Waals surface area contributed by atoms with Gasteiger partial charge in [0.2, 0.25) is 0 Å². The van der Waals surface area contributed by atoms with E-state index in [1.165, 1.54) is 13.0 Å². The van der Waals surface area contributed by atoms with E-state index in [9.17, 15) is 9.18 Å². The second kappa shape index (κ2) is 14.7. The standard InChI is InChI=1S/C22H32FN3O2.C2H6/c1-4-14-26-15-6-7-19(16-26)28-22(27)25-21(9-8-17(3)23)20(5-2)18-10-12-24-13-11-18;1-2/h8-13,17,19H,4-7,14-16H2,1-3H3,(H,25,27);1-2H3/b9-8-,21-20-;/t17?,19-;/m1./s1. The summed E-state index contributed by atoms with van der Waals surface area (Å²) in [5, 5.41) is 2.84. The number of pyridine rings is 1. The maximum atomic E-state index is 13.4. The van der Waals surface area contributed by atoms with E-state index in [0.29, 0.717) is 12.1 Å². The number of hydrogen-bond acceptors (Lipinski definition) is 4. The fraction of sp³-hybridized carbons (Fsp3) is 0.583. The summed E-state index contributed by atoms with van der Waals surface area (Å²) in [6.07, 6.45) is 8.40. The first kappa shape index (κ1) is 25.8. The third-order valence-corrected chi connectivity index (χ3v) is 4.75.